The van der Waals surface area contributed by atoms with Gasteiger partial charge >= 0.3 is 5.97 Å². The van der Waals surface area contributed by atoms with Gasteiger partial charge in [0.25, 0.3) is 0 Å². The summed E-state index contributed by atoms with van der Waals surface area (Å²) in [6.07, 6.45) is -2.65. The second-order valence-electron chi connectivity index (χ2n) is 10.0. The summed E-state index contributed by atoms with van der Waals surface area (Å²) >= 11 is 0. The maximum atomic E-state index is 12.5. The molecule has 5 rings (SSSR count). The SMILES string of the molecule is C[C@]12CC[C@@H]3c4ccc(O[C@H]5O[C@H](C(=O)O)[C@@H](O)[C@H](O)[C@H]5O)cc4CC[C@H]3[C@@H]1CCC2=O. The molecule has 174 valence electrons. The lowest BCUT2D eigenvalue weighted by molar-refractivity contribution is -0.271. The van der Waals surface area contributed by atoms with Gasteiger partial charge in [0, 0.05) is 11.8 Å². The van der Waals surface area contributed by atoms with E-state index in [-0.39, 0.29) is 5.41 Å². The maximum Gasteiger partial charge on any atom is 0.335 e. The van der Waals surface area contributed by atoms with E-state index in [0.29, 0.717) is 35.7 Å². The Hall–Kier alpha value is -2.00. The summed E-state index contributed by atoms with van der Waals surface area (Å²) in [6.45, 7) is 2.15. The van der Waals surface area contributed by atoms with E-state index in [0.717, 1.165) is 37.7 Å². The number of fused-ring (bicyclic) bond motifs is 5. The van der Waals surface area contributed by atoms with E-state index >= 15 is 0 Å². The van der Waals surface area contributed by atoms with Crippen molar-refractivity contribution in [3.63, 3.8) is 0 Å². The van der Waals surface area contributed by atoms with Gasteiger partial charge in [-0.3, -0.25) is 4.79 Å². The predicted molar refractivity (Wildman–Crippen MR) is 111 cm³/mol. The molecular formula is C24H30O8. The zero-order valence-electron chi connectivity index (χ0n) is 18.0. The molecule has 0 amide bonds. The second kappa shape index (κ2) is 7.80. The minimum atomic E-state index is -1.75. The van der Waals surface area contributed by atoms with Crippen LogP contribution < -0.4 is 4.74 Å². The van der Waals surface area contributed by atoms with Crippen molar-refractivity contribution in [2.75, 3.05) is 0 Å². The summed E-state index contributed by atoms with van der Waals surface area (Å²) < 4.78 is 10.9. The molecule has 3 aliphatic carbocycles. The molecule has 4 aliphatic rings. The van der Waals surface area contributed by atoms with Crippen LogP contribution in [0.5, 0.6) is 5.75 Å². The first-order valence-electron chi connectivity index (χ1n) is 11.5. The Morgan fingerprint density at radius 1 is 1.09 bits per heavy atom. The quantitative estimate of drug-likeness (QED) is 0.547. The van der Waals surface area contributed by atoms with Crippen LogP contribution in [-0.4, -0.2) is 62.9 Å². The molecule has 2 saturated carbocycles. The number of aliphatic hydroxyl groups is 3. The fourth-order valence-electron chi connectivity index (χ4n) is 6.69. The molecule has 0 unspecified atom stereocenters. The van der Waals surface area contributed by atoms with E-state index in [1.54, 1.807) is 6.07 Å². The van der Waals surface area contributed by atoms with Gasteiger partial charge in [0.1, 0.15) is 29.8 Å². The highest BCUT2D eigenvalue weighted by Gasteiger charge is 2.54. The van der Waals surface area contributed by atoms with E-state index in [4.69, 9.17) is 9.47 Å². The fourth-order valence-corrected chi connectivity index (χ4v) is 6.69. The van der Waals surface area contributed by atoms with Crippen molar-refractivity contribution >= 4 is 11.8 Å². The van der Waals surface area contributed by atoms with Crippen LogP contribution in [0.3, 0.4) is 0 Å². The standard InChI is InChI=1S/C24H30O8/c1-24-9-8-14-13-5-3-12(10-11(13)2-4-15(14)16(24)6-7-17(24)25)31-23-20(28)18(26)19(27)21(32-23)22(29)30/h3,5,10,14-16,18-21,23,26-28H,2,4,6-9H2,1H3,(H,29,30)/t14-,15-,16+,18+,19+,20-,21+,23+,24+/m1/s1. The fraction of sp³-hybridized carbons (Fsp3) is 0.667. The number of hydrogen-bond donors (Lipinski definition) is 4. The smallest absolute Gasteiger partial charge is 0.335 e. The third kappa shape index (κ3) is 3.27. The number of Topliss-reactive ketones (excluding diaryl/α,β-unsaturated/α-hetero) is 1. The van der Waals surface area contributed by atoms with Gasteiger partial charge in [0.2, 0.25) is 6.29 Å². The van der Waals surface area contributed by atoms with Crippen molar-refractivity contribution < 1.29 is 39.5 Å². The number of carbonyl (C=O) groups excluding carboxylic acids is 1. The average molecular weight is 446 g/mol. The van der Waals surface area contributed by atoms with Gasteiger partial charge in [-0.1, -0.05) is 13.0 Å². The molecule has 1 saturated heterocycles. The van der Waals surface area contributed by atoms with Crippen molar-refractivity contribution in [3.05, 3.63) is 29.3 Å². The van der Waals surface area contributed by atoms with Crippen LogP contribution in [0.15, 0.2) is 18.2 Å². The molecule has 1 heterocycles. The molecule has 0 aromatic heterocycles. The Morgan fingerprint density at radius 3 is 2.62 bits per heavy atom. The zero-order chi connectivity index (χ0) is 22.8. The van der Waals surface area contributed by atoms with Gasteiger partial charge in [-0.2, -0.15) is 0 Å². The molecule has 4 N–H and O–H groups in total. The van der Waals surface area contributed by atoms with Crippen LogP contribution in [0, 0.1) is 17.3 Å². The van der Waals surface area contributed by atoms with Gasteiger partial charge in [-0.05, 0) is 73.1 Å². The predicted octanol–water partition coefficient (Wildman–Crippen LogP) is 1.38. The monoisotopic (exact) mass is 446 g/mol. The molecule has 8 heteroatoms. The number of ketones is 1. The van der Waals surface area contributed by atoms with Gasteiger partial charge in [-0.25, -0.2) is 4.79 Å². The number of aryl methyl sites for hydroxylation is 1. The van der Waals surface area contributed by atoms with Crippen molar-refractivity contribution in [1.29, 1.82) is 0 Å². The van der Waals surface area contributed by atoms with Gasteiger partial charge in [0.15, 0.2) is 6.10 Å². The van der Waals surface area contributed by atoms with Crippen LogP contribution in [0.1, 0.15) is 56.1 Å². The van der Waals surface area contributed by atoms with Crippen molar-refractivity contribution in [3.8, 4) is 5.75 Å². The molecule has 1 aromatic carbocycles. The molecule has 1 aliphatic heterocycles. The summed E-state index contributed by atoms with van der Waals surface area (Å²) in [6, 6.07) is 5.69. The van der Waals surface area contributed by atoms with Crippen LogP contribution in [-0.2, 0) is 20.7 Å². The van der Waals surface area contributed by atoms with Crippen LogP contribution in [0.25, 0.3) is 0 Å². The number of carboxylic acid groups (broad SMARTS) is 1. The number of hydrogen-bond acceptors (Lipinski definition) is 7. The number of aliphatic carboxylic acids is 1. The Kier molecular flexibility index (Phi) is 5.32. The second-order valence-corrected chi connectivity index (χ2v) is 10.0. The largest absolute Gasteiger partial charge is 0.479 e. The lowest BCUT2D eigenvalue weighted by Crippen LogP contribution is -2.61. The third-order valence-corrected chi connectivity index (χ3v) is 8.47. The number of carbonyl (C=O) groups is 2. The number of ether oxygens (including phenoxy) is 2. The third-order valence-electron chi connectivity index (χ3n) is 8.47. The lowest BCUT2D eigenvalue weighted by atomic mass is 9.55. The summed E-state index contributed by atoms with van der Waals surface area (Å²) in [7, 11) is 0. The molecule has 8 nitrogen and oxygen atoms in total. The number of carboxylic acids is 1. The number of benzene rings is 1. The maximum absolute atomic E-state index is 12.5. The zero-order valence-corrected chi connectivity index (χ0v) is 18.0. The Bertz CT molecular complexity index is 931. The van der Waals surface area contributed by atoms with Crippen molar-refractivity contribution in [2.45, 2.75) is 82.1 Å². The van der Waals surface area contributed by atoms with Gasteiger partial charge in [-0.15, -0.1) is 0 Å². The molecule has 0 radical (unpaired) electrons. The number of rotatable bonds is 3. The van der Waals surface area contributed by atoms with Crippen LogP contribution in [0.4, 0.5) is 0 Å². The lowest BCUT2D eigenvalue weighted by Gasteiger charge is -2.48. The van der Waals surface area contributed by atoms with Gasteiger partial charge < -0.3 is 29.9 Å². The van der Waals surface area contributed by atoms with E-state index < -0.39 is 36.7 Å². The Labute approximate surface area is 186 Å². The Morgan fingerprint density at radius 2 is 1.88 bits per heavy atom. The summed E-state index contributed by atoms with van der Waals surface area (Å²) in [4.78, 5) is 23.8. The molecule has 0 bridgehead atoms. The molecule has 0 spiro atoms. The first kappa shape index (κ1) is 21.8. The topological polar surface area (TPSA) is 134 Å². The van der Waals surface area contributed by atoms with E-state index in [1.165, 1.54) is 5.56 Å². The minimum Gasteiger partial charge on any atom is -0.479 e. The first-order valence-corrected chi connectivity index (χ1v) is 11.5. The van der Waals surface area contributed by atoms with E-state index in [9.17, 15) is 30.0 Å². The summed E-state index contributed by atoms with van der Waals surface area (Å²) in [5.74, 6) is 0.773. The van der Waals surface area contributed by atoms with Crippen LogP contribution in [0.2, 0.25) is 0 Å². The van der Waals surface area contributed by atoms with E-state index in [2.05, 4.69) is 6.92 Å². The van der Waals surface area contributed by atoms with Gasteiger partial charge in [0.05, 0.1) is 0 Å². The minimum absolute atomic E-state index is 0.164. The Balaban J connectivity index is 1.35. The summed E-state index contributed by atoms with van der Waals surface area (Å²) in [5, 5.41) is 39.3. The van der Waals surface area contributed by atoms with Crippen LogP contribution >= 0.6 is 0 Å². The molecular weight excluding hydrogens is 416 g/mol. The molecule has 3 fully saturated rings. The normalized spacial score (nSPS) is 43.2. The van der Waals surface area contributed by atoms with E-state index in [1.807, 2.05) is 12.1 Å². The molecule has 1 aromatic rings. The molecule has 32 heavy (non-hydrogen) atoms. The number of aliphatic hydroxyl groups excluding tert-OH is 3. The average Bonchev–Trinajstić information content (AvgIpc) is 3.08. The summed E-state index contributed by atoms with van der Waals surface area (Å²) in [5.41, 5.74) is 2.26. The highest BCUT2D eigenvalue weighted by atomic mass is 16.7. The van der Waals surface area contributed by atoms with Crippen molar-refractivity contribution in [2.24, 2.45) is 17.3 Å². The molecule has 9 atom stereocenters. The first-order chi connectivity index (χ1) is 15.2. The highest BCUT2D eigenvalue weighted by Crippen LogP contribution is 2.59. The van der Waals surface area contributed by atoms with Crippen molar-refractivity contribution in [1.82, 2.24) is 0 Å². The highest BCUT2D eigenvalue weighted by molar-refractivity contribution is 5.87.